The molecule has 0 unspecified atom stereocenters. The van der Waals surface area contributed by atoms with Crippen LogP contribution in [0, 0.1) is 0 Å². The average molecular weight is 147 g/mol. The van der Waals surface area contributed by atoms with Crippen LogP contribution < -0.4 is 5.32 Å². The van der Waals surface area contributed by atoms with Crippen LogP contribution in [0.15, 0.2) is 0 Å². The maximum atomic E-state index is 5.15. The van der Waals surface area contributed by atoms with Gasteiger partial charge in [-0.2, -0.15) is 0 Å². The quantitative estimate of drug-likeness (QED) is 0.641. The molecular formula is C8H21NO. The molecule has 1 N–H and O–H groups in total. The van der Waals surface area contributed by atoms with Crippen molar-refractivity contribution in [2.45, 2.75) is 33.2 Å². The SMILES string of the molecule is CC.CCN[C@H]1CCOC1.[HH]. The summed E-state index contributed by atoms with van der Waals surface area (Å²) in [6.45, 7) is 9.04. The van der Waals surface area contributed by atoms with Crippen LogP contribution in [0.3, 0.4) is 0 Å². The van der Waals surface area contributed by atoms with Gasteiger partial charge in [-0.25, -0.2) is 0 Å². The van der Waals surface area contributed by atoms with Gasteiger partial charge in [-0.05, 0) is 13.0 Å². The highest BCUT2D eigenvalue weighted by Gasteiger charge is 2.12. The smallest absolute Gasteiger partial charge is 0.0620 e. The minimum Gasteiger partial charge on any atom is -0.380 e. The molecule has 0 amide bonds. The Morgan fingerprint density at radius 2 is 2.30 bits per heavy atom. The third-order valence-corrected chi connectivity index (χ3v) is 1.42. The lowest BCUT2D eigenvalue weighted by atomic mass is 10.3. The minimum atomic E-state index is 0. The molecule has 0 bridgehead atoms. The second-order valence-electron chi connectivity index (χ2n) is 2.12. The molecule has 1 fully saturated rings. The van der Waals surface area contributed by atoms with Gasteiger partial charge in [0.2, 0.25) is 0 Å². The molecule has 1 aliphatic rings. The maximum absolute atomic E-state index is 5.15. The first-order valence-electron chi connectivity index (χ1n) is 4.24. The molecule has 1 rings (SSSR count). The van der Waals surface area contributed by atoms with Gasteiger partial charge in [-0.15, -0.1) is 0 Å². The van der Waals surface area contributed by atoms with E-state index in [9.17, 15) is 0 Å². The Kier molecular flexibility index (Phi) is 6.98. The van der Waals surface area contributed by atoms with Crippen LogP contribution in [0.1, 0.15) is 28.6 Å². The van der Waals surface area contributed by atoms with Gasteiger partial charge in [0.05, 0.1) is 6.61 Å². The molecule has 1 heterocycles. The van der Waals surface area contributed by atoms with E-state index in [1.54, 1.807) is 0 Å². The molecule has 1 atom stereocenters. The van der Waals surface area contributed by atoms with Crippen molar-refractivity contribution in [3.05, 3.63) is 0 Å². The zero-order valence-corrected chi connectivity index (χ0v) is 7.31. The van der Waals surface area contributed by atoms with Gasteiger partial charge in [0, 0.05) is 14.1 Å². The molecule has 0 aliphatic carbocycles. The summed E-state index contributed by atoms with van der Waals surface area (Å²) >= 11 is 0. The van der Waals surface area contributed by atoms with Crippen molar-refractivity contribution < 1.29 is 6.16 Å². The number of rotatable bonds is 2. The molecule has 1 aliphatic heterocycles. The van der Waals surface area contributed by atoms with Crippen molar-refractivity contribution in [2.75, 3.05) is 19.8 Å². The third kappa shape index (κ3) is 3.85. The van der Waals surface area contributed by atoms with Gasteiger partial charge in [0.15, 0.2) is 0 Å². The fourth-order valence-electron chi connectivity index (χ4n) is 0.984. The van der Waals surface area contributed by atoms with E-state index in [0.29, 0.717) is 6.04 Å². The highest BCUT2D eigenvalue weighted by atomic mass is 16.5. The summed E-state index contributed by atoms with van der Waals surface area (Å²) in [5, 5.41) is 3.32. The van der Waals surface area contributed by atoms with Crippen molar-refractivity contribution >= 4 is 0 Å². The minimum absolute atomic E-state index is 0. The van der Waals surface area contributed by atoms with Crippen LogP contribution >= 0.6 is 0 Å². The zero-order chi connectivity index (χ0) is 7.82. The van der Waals surface area contributed by atoms with E-state index < -0.39 is 0 Å². The number of hydrogen-bond donors (Lipinski definition) is 1. The monoisotopic (exact) mass is 147 g/mol. The fourth-order valence-corrected chi connectivity index (χ4v) is 0.984. The van der Waals surface area contributed by atoms with Gasteiger partial charge in [-0.3, -0.25) is 0 Å². The van der Waals surface area contributed by atoms with E-state index in [1.807, 2.05) is 13.8 Å². The Hall–Kier alpha value is -0.0800. The number of ether oxygens (including phenoxy) is 1. The number of hydrogen-bond acceptors (Lipinski definition) is 2. The van der Waals surface area contributed by atoms with Gasteiger partial charge in [0.25, 0.3) is 0 Å². The first-order valence-corrected chi connectivity index (χ1v) is 4.24. The lowest BCUT2D eigenvalue weighted by Gasteiger charge is -2.05. The van der Waals surface area contributed by atoms with Crippen molar-refractivity contribution in [1.82, 2.24) is 5.32 Å². The Balaban J connectivity index is 0. The van der Waals surface area contributed by atoms with Crippen LogP contribution in [0.2, 0.25) is 0 Å². The Morgan fingerprint density at radius 3 is 2.70 bits per heavy atom. The van der Waals surface area contributed by atoms with Gasteiger partial charge < -0.3 is 10.1 Å². The zero-order valence-electron chi connectivity index (χ0n) is 7.31. The van der Waals surface area contributed by atoms with Crippen LogP contribution in [0.5, 0.6) is 0 Å². The van der Waals surface area contributed by atoms with Crippen LogP contribution in [0.4, 0.5) is 0 Å². The predicted octanol–water partition coefficient (Wildman–Crippen LogP) is 1.66. The van der Waals surface area contributed by atoms with Crippen LogP contribution in [0.25, 0.3) is 0 Å². The Morgan fingerprint density at radius 1 is 1.60 bits per heavy atom. The molecule has 0 spiro atoms. The summed E-state index contributed by atoms with van der Waals surface area (Å²) in [7, 11) is 0. The second-order valence-corrected chi connectivity index (χ2v) is 2.12. The van der Waals surface area contributed by atoms with E-state index >= 15 is 0 Å². The van der Waals surface area contributed by atoms with E-state index in [4.69, 9.17) is 4.74 Å². The Bertz CT molecular complexity index is 65.1. The summed E-state index contributed by atoms with van der Waals surface area (Å²) in [4.78, 5) is 0. The normalized spacial score (nSPS) is 23.7. The number of nitrogens with one attached hydrogen (secondary N) is 1. The Labute approximate surface area is 65.4 Å². The second kappa shape index (κ2) is 7.03. The summed E-state index contributed by atoms with van der Waals surface area (Å²) in [5.74, 6) is 0. The maximum Gasteiger partial charge on any atom is 0.0620 e. The number of likely N-dealkylation sites (N-methyl/N-ethyl adjacent to an activating group) is 1. The first-order chi connectivity index (χ1) is 4.93. The third-order valence-electron chi connectivity index (χ3n) is 1.42. The summed E-state index contributed by atoms with van der Waals surface area (Å²) in [5.41, 5.74) is 0. The largest absolute Gasteiger partial charge is 0.380 e. The standard InChI is InChI=1S/C6H13NO.C2H6.H2/c1-2-7-6-3-4-8-5-6;1-2;/h6-7H,2-5H2,1H3;1-2H3;1H/t6-;;/m0../s1. The van der Waals surface area contributed by atoms with Crippen molar-refractivity contribution in [3.8, 4) is 0 Å². The topological polar surface area (TPSA) is 21.3 Å². The molecule has 1 saturated heterocycles. The molecule has 0 aromatic rings. The fraction of sp³-hybridized carbons (Fsp3) is 1.00. The molecule has 0 aromatic heterocycles. The molecular weight excluding hydrogens is 126 g/mol. The van der Waals surface area contributed by atoms with E-state index in [1.165, 1.54) is 6.42 Å². The van der Waals surface area contributed by atoms with Crippen molar-refractivity contribution in [3.63, 3.8) is 0 Å². The summed E-state index contributed by atoms with van der Waals surface area (Å²) < 4.78 is 5.15. The predicted molar refractivity (Wildman–Crippen MR) is 46.4 cm³/mol. The first kappa shape index (κ1) is 9.92. The molecule has 0 saturated carbocycles. The average Bonchev–Trinajstić information content (AvgIpc) is 2.46. The molecule has 10 heavy (non-hydrogen) atoms. The van der Waals surface area contributed by atoms with Crippen LogP contribution in [-0.4, -0.2) is 25.8 Å². The summed E-state index contributed by atoms with van der Waals surface area (Å²) in [6.07, 6.45) is 1.19. The lowest BCUT2D eigenvalue weighted by Crippen LogP contribution is -2.28. The molecule has 64 valence electrons. The van der Waals surface area contributed by atoms with Crippen LogP contribution in [-0.2, 0) is 4.74 Å². The molecule has 0 aromatic carbocycles. The van der Waals surface area contributed by atoms with Gasteiger partial charge in [0.1, 0.15) is 0 Å². The van der Waals surface area contributed by atoms with E-state index in [0.717, 1.165) is 19.8 Å². The molecule has 0 radical (unpaired) electrons. The van der Waals surface area contributed by atoms with E-state index in [2.05, 4.69) is 12.2 Å². The van der Waals surface area contributed by atoms with Crippen molar-refractivity contribution in [2.24, 2.45) is 0 Å². The van der Waals surface area contributed by atoms with Crippen molar-refractivity contribution in [1.29, 1.82) is 0 Å². The summed E-state index contributed by atoms with van der Waals surface area (Å²) in [6, 6.07) is 0.639. The molecule has 2 nitrogen and oxygen atoms in total. The van der Waals surface area contributed by atoms with Gasteiger partial charge in [-0.1, -0.05) is 20.8 Å². The van der Waals surface area contributed by atoms with E-state index in [-0.39, 0.29) is 1.43 Å². The highest BCUT2D eigenvalue weighted by molar-refractivity contribution is 4.69. The molecule has 2 heteroatoms. The highest BCUT2D eigenvalue weighted by Crippen LogP contribution is 2.01. The van der Waals surface area contributed by atoms with Gasteiger partial charge >= 0.3 is 0 Å². The lowest BCUT2D eigenvalue weighted by molar-refractivity contribution is 0.190.